The summed E-state index contributed by atoms with van der Waals surface area (Å²) in [5.74, 6) is -0.222. The molecule has 1 N–H and O–H groups in total. The van der Waals surface area contributed by atoms with Gasteiger partial charge < -0.3 is 9.84 Å². The second-order valence-corrected chi connectivity index (χ2v) is 3.77. The zero-order valence-electron chi connectivity index (χ0n) is 8.16. The number of carbonyl (C=O) groups is 1. The van der Waals surface area contributed by atoms with Crippen molar-refractivity contribution in [3.05, 3.63) is 0 Å². The Morgan fingerprint density at radius 1 is 1.46 bits per heavy atom. The number of ether oxygens (including phenoxy) is 1. The van der Waals surface area contributed by atoms with Gasteiger partial charge in [0.05, 0.1) is 5.92 Å². The van der Waals surface area contributed by atoms with Crippen LogP contribution in [-0.2, 0) is 9.53 Å². The van der Waals surface area contributed by atoms with Crippen molar-refractivity contribution >= 4 is 5.97 Å². The molecule has 1 saturated carbocycles. The fourth-order valence-electron chi connectivity index (χ4n) is 1.89. The molecule has 0 amide bonds. The molecule has 0 aliphatic heterocycles. The second-order valence-electron chi connectivity index (χ2n) is 3.77. The Kier molecular flexibility index (Phi) is 4.22. The van der Waals surface area contributed by atoms with Crippen LogP contribution in [0.25, 0.3) is 0 Å². The highest BCUT2D eigenvalue weighted by Gasteiger charge is 2.35. The molecule has 76 valence electrons. The lowest BCUT2D eigenvalue weighted by atomic mass is 9.71. The van der Waals surface area contributed by atoms with Crippen molar-refractivity contribution in [1.29, 1.82) is 0 Å². The second kappa shape index (κ2) is 5.22. The lowest BCUT2D eigenvalue weighted by molar-refractivity contribution is -0.147. The van der Waals surface area contributed by atoms with Crippen LogP contribution in [0.1, 0.15) is 32.1 Å². The fourth-order valence-corrected chi connectivity index (χ4v) is 1.89. The van der Waals surface area contributed by atoms with Crippen LogP contribution in [0.2, 0.25) is 0 Å². The molecule has 1 fully saturated rings. The molecule has 0 heterocycles. The van der Waals surface area contributed by atoms with E-state index in [1.165, 1.54) is 0 Å². The van der Waals surface area contributed by atoms with Crippen molar-refractivity contribution in [3.8, 4) is 0 Å². The molecule has 3 nitrogen and oxygen atoms in total. The highest BCUT2D eigenvalue weighted by atomic mass is 16.5. The first-order valence-corrected chi connectivity index (χ1v) is 4.97. The van der Waals surface area contributed by atoms with Gasteiger partial charge in [-0.25, -0.2) is 0 Å². The molecular formula is C10H18O3. The van der Waals surface area contributed by atoms with Crippen molar-refractivity contribution in [1.82, 2.24) is 0 Å². The minimum atomic E-state index is -0.608. The first kappa shape index (κ1) is 10.5. The number of unbranched alkanes of at least 4 members (excludes halogenated alkanes) is 1. The Labute approximate surface area is 79.1 Å². The van der Waals surface area contributed by atoms with Gasteiger partial charge in [0.15, 0.2) is 0 Å². The van der Waals surface area contributed by atoms with Gasteiger partial charge in [-0.05, 0) is 31.6 Å². The summed E-state index contributed by atoms with van der Waals surface area (Å²) >= 11 is 0. The number of hydrogen-bond acceptors (Lipinski definition) is 2. The molecule has 3 heteroatoms. The van der Waals surface area contributed by atoms with Crippen LogP contribution in [0.3, 0.4) is 0 Å². The van der Waals surface area contributed by atoms with Gasteiger partial charge in [0, 0.05) is 13.7 Å². The van der Waals surface area contributed by atoms with Gasteiger partial charge in [0.1, 0.15) is 0 Å². The Morgan fingerprint density at radius 2 is 2.23 bits per heavy atom. The van der Waals surface area contributed by atoms with E-state index in [0.29, 0.717) is 5.92 Å². The average Bonchev–Trinajstić information content (AvgIpc) is 2.01. The van der Waals surface area contributed by atoms with E-state index in [1.54, 1.807) is 7.11 Å². The van der Waals surface area contributed by atoms with Crippen LogP contribution in [0, 0.1) is 11.8 Å². The molecule has 0 saturated heterocycles. The zero-order valence-corrected chi connectivity index (χ0v) is 8.16. The predicted molar refractivity (Wildman–Crippen MR) is 49.6 cm³/mol. The van der Waals surface area contributed by atoms with Crippen molar-refractivity contribution in [2.45, 2.75) is 32.1 Å². The maximum Gasteiger partial charge on any atom is 0.306 e. The molecule has 1 rings (SSSR count). The lowest BCUT2D eigenvalue weighted by Gasteiger charge is -2.33. The number of rotatable bonds is 6. The van der Waals surface area contributed by atoms with E-state index < -0.39 is 5.97 Å². The van der Waals surface area contributed by atoms with Crippen LogP contribution in [0.5, 0.6) is 0 Å². The third-order valence-corrected chi connectivity index (χ3v) is 2.91. The van der Waals surface area contributed by atoms with E-state index in [2.05, 4.69) is 0 Å². The van der Waals surface area contributed by atoms with E-state index in [4.69, 9.17) is 9.84 Å². The van der Waals surface area contributed by atoms with E-state index in [1.807, 2.05) is 0 Å². The average molecular weight is 186 g/mol. The Morgan fingerprint density at radius 3 is 2.69 bits per heavy atom. The van der Waals surface area contributed by atoms with Crippen LogP contribution in [0.4, 0.5) is 0 Å². The topological polar surface area (TPSA) is 46.5 Å². The minimum absolute atomic E-state index is 0.0532. The van der Waals surface area contributed by atoms with Gasteiger partial charge in [-0.3, -0.25) is 4.79 Å². The summed E-state index contributed by atoms with van der Waals surface area (Å²) in [7, 11) is 1.70. The van der Waals surface area contributed by atoms with Gasteiger partial charge in [-0.15, -0.1) is 0 Å². The van der Waals surface area contributed by atoms with E-state index in [-0.39, 0.29) is 5.92 Å². The summed E-state index contributed by atoms with van der Waals surface area (Å²) in [4.78, 5) is 10.7. The SMILES string of the molecule is COCCCCC1CCC1C(=O)O. The number of aliphatic carboxylic acids is 1. The van der Waals surface area contributed by atoms with Crippen molar-refractivity contribution in [2.24, 2.45) is 11.8 Å². The third-order valence-electron chi connectivity index (χ3n) is 2.91. The van der Waals surface area contributed by atoms with Gasteiger partial charge in [0.25, 0.3) is 0 Å². The minimum Gasteiger partial charge on any atom is -0.481 e. The first-order chi connectivity index (χ1) is 6.25. The summed E-state index contributed by atoms with van der Waals surface area (Å²) in [6.45, 7) is 0.796. The van der Waals surface area contributed by atoms with Crippen LogP contribution >= 0.6 is 0 Å². The van der Waals surface area contributed by atoms with Gasteiger partial charge in [-0.2, -0.15) is 0 Å². The van der Waals surface area contributed by atoms with E-state index >= 15 is 0 Å². The molecule has 0 spiro atoms. The highest BCUT2D eigenvalue weighted by molar-refractivity contribution is 5.71. The van der Waals surface area contributed by atoms with Gasteiger partial charge >= 0.3 is 5.97 Å². The van der Waals surface area contributed by atoms with Crippen molar-refractivity contribution in [3.63, 3.8) is 0 Å². The van der Waals surface area contributed by atoms with Crippen molar-refractivity contribution in [2.75, 3.05) is 13.7 Å². The molecule has 1 aliphatic carbocycles. The molecule has 0 aromatic rings. The Hall–Kier alpha value is -0.570. The zero-order chi connectivity index (χ0) is 9.68. The maximum atomic E-state index is 10.7. The van der Waals surface area contributed by atoms with Crippen molar-refractivity contribution < 1.29 is 14.6 Å². The molecule has 0 aromatic carbocycles. The Balaban J connectivity index is 2.05. The quantitative estimate of drug-likeness (QED) is 0.644. The fraction of sp³-hybridized carbons (Fsp3) is 0.900. The highest BCUT2D eigenvalue weighted by Crippen LogP contribution is 2.37. The van der Waals surface area contributed by atoms with Crippen LogP contribution < -0.4 is 0 Å². The number of carboxylic acids is 1. The predicted octanol–water partition coefficient (Wildman–Crippen LogP) is 1.91. The standard InChI is InChI=1S/C10H18O3/c1-13-7-3-2-4-8-5-6-9(8)10(11)12/h8-9H,2-7H2,1H3,(H,11,12). The van der Waals surface area contributed by atoms with Gasteiger partial charge in [-0.1, -0.05) is 6.42 Å². The Bertz CT molecular complexity index is 168. The lowest BCUT2D eigenvalue weighted by Crippen LogP contribution is -2.32. The number of hydrogen-bond donors (Lipinski definition) is 1. The van der Waals surface area contributed by atoms with Crippen LogP contribution in [0.15, 0.2) is 0 Å². The number of methoxy groups -OCH3 is 1. The molecule has 0 bridgehead atoms. The third kappa shape index (κ3) is 2.99. The largest absolute Gasteiger partial charge is 0.481 e. The first-order valence-electron chi connectivity index (χ1n) is 4.97. The molecule has 2 atom stereocenters. The summed E-state index contributed by atoms with van der Waals surface area (Å²) in [5.41, 5.74) is 0. The maximum absolute atomic E-state index is 10.7. The van der Waals surface area contributed by atoms with Crippen LogP contribution in [-0.4, -0.2) is 24.8 Å². The molecule has 2 unspecified atom stereocenters. The summed E-state index contributed by atoms with van der Waals surface area (Å²) < 4.78 is 4.93. The van der Waals surface area contributed by atoms with E-state index in [0.717, 1.165) is 38.7 Å². The monoisotopic (exact) mass is 186 g/mol. The summed E-state index contributed by atoms with van der Waals surface area (Å²) in [5, 5.41) is 8.78. The molecule has 13 heavy (non-hydrogen) atoms. The molecule has 0 aromatic heterocycles. The smallest absolute Gasteiger partial charge is 0.306 e. The van der Waals surface area contributed by atoms with Gasteiger partial charge in [0.2, 0.25) is 0 Å². The molecule has 1 aliphatic rings. The normalized spacial score (nSPS) is 26.8. The summed E-state index contributed by atoms with van der Waals surface area (Å²) in [6.07, 6.45) is 5.19. The summed E-state index contributed by atoms with van der Waals surface area (Å²) in [6, 6.07) is 0. The molecular weight excluding hydrogens is 168 g/mol. The molecule has 0 radical (unpaired) electrons. The number of carboxylic acid groups (broad SMARTS) is 1. The van der Waals surface area contributed by atoms with E-state index in [9.17, 15) is 4.79 Å².